The molecule has 0 amide bonds. The van der Waals surface area contributed by atoms with Crippen molar-refractivity contribution in [3.8, 4) is 0 Å². The summed E-state index contributed by atoms with van der Waals surface area (Å²) < 4.78 is 0. The third kappa shape index (κ3) is 3.13. The van der Waals surface area contributed by atoms with E-state index in [-0.39, 0.29) is 34.9 Å². The van der Waals surface area contributed by atoms with Crippen LogP contribution in [0.4, 0.5) is 0 Å². The smallest absolute Gasteiger partial charge is 0.321 e. The van der Waals surface area contributed by atoms with Crippen molar-refractivity contribution in [3.05, 3.63) is 0 Å². The van der Waals surface area contributed by atoms with Gasteiger partial charge in [0.25, 0.3) is 0 Å². The summed E-state index contributed by atoms with van der Waals surface area (Å²) in [7, 11) is 0. The van der Waals surface area contributed by atoms with Gasteiger partial charge in [-0.05, 0) is 37.5 Å². The molecule has 0 atom stereocenters. The third-order valence-corrected chi connectivity index (χ3v) is 5.21. The van der Waals surface area contributed by atoms with Crippen molar-refractivity contribution in [1.29, 1.82) is 0 Å². The van der Waals surface area contributed by atoms with E-state index in [0.29, 0.717) is 0 Å². The Balaban J connectivity index is 0.00000200. The molecule has 112 valence electrons. The summed E-state index contributed by atoms with van der Waals surface area (Å²) in [5.74, 6) is -2.56. The largest absolute Gasteiger partial charge is 0.480 e. The van der Waals surface area contributed by atoms with Crippen molar-refractivity contribution in [2.24, 2.45) is 17.3 Å². The van der Waals surface area contributed by atoms with Crippen LogP contribution in [0.5, 0.6) is 0 Å². The van der Waals surface area contributed by atoms with Gasteiger partial charge < -0.3 is 10.2 Å². The molecule has 0 bridgehead atoms. The fraction of sp³-hybridized carbons (Fsp3) is 0.867. The fourth-order valence-electron chi connectivity index (χ4n) is 4.24. The summed E-state index contributed by atoms with van der Waals surface area (Å²) in [4.78, 5) is 23.8. The Bertz CT molecular complexity index is 310. The van der Waals surface area contributed by atoms with Gasteiger partial charge in [0.2, 0.25) is 0 Å². The zero-order valence-corrected chi connectivity index (χ0v) is 11.4. The monoisotopic (exact) mass is 294 g/mol. The van der Waals surface area contributed by atoms with Crippen LogP contribution in [-0.4, -0.2) is 45.2 Å². The first-order valence-electron chi connectivity index (χ1n) is 7.57. The Morgan fingerprint density at radius 2 is 1.00 bits per heavy atom. The summed E-state index contributed by atoms with van der Waals surface area (Å²) in [5, 5.41) is 19.4. The second-order valence-corrected chi connectivity index (χ2v) is 6.15. The summed E-state index contributed by atoms with van der Waals surface area (Å²) in [6, 6.07) is 0. The fourth-order valence-corrected chi connectivity index (χ4v) is 4.24. The Hall–Kier alpha value is -0.294. The lowest BCUT2D eigenvalue weighted by Gasteiger charge is -2.42. The average molecular weight is 295 g/mol. The summed E-state index contributed by atoms with van der Waals surface area (Å²) in [6.45, 7) is 0. The predicted molar refractivity (Wildman–Crippen MR) is 79.4 cm³/mol. The molecule has 5 heteroatoms. The van der Waals surface area contributed by atoms with Gasteiger partial charge in [0.15, 0.2) is 5.41 Å². The standard InChI is InChI=1S/C15H24O4.Mg.2H/c16-13(17)15(14(18)19,11-7-3-1-4-8-11)12-9-5-2-6-10-12;;;/h11-12H,1-10H2,(H,16,17)(H,18,19);;;. The molecule has 0 radical (unpaired) electrons. The van der Waals surface area contributed by atoms with E-state index < -0.39 is 17.4 Å². The van der Waals surface area contributed by atoms with E-state index in [1.165, 1.54) is 0 Å². The van der Waals surface area contributed by atoms with E-state index in [1.54, 1.807) is 0 Å². The number of aliphatic carboxylic acids is 2. The molecule has 0 unspecified atom stereocenters. The van der Waals surface area contributed by atoms with Gasteiger partial charge >= 0.3 is 35.0 Å². The molecule has 4 nitrogen and oxygen atoms in total. The van der Waals surface area contributed by atoms with Crippen LogP contribution in [0.2, 0.25) is 0 Å². The van der Waals surface area contributed by atoms with Crippen LogP contribution in [0.25, 0.3) is 0 Å². The first-order chi connectivity index (χ1) is 9.10. The van der Waals surface area contributed by atoms with Gasteiger partial charge in [0.1, 0.15) is 0 Å². The molecule has 0 heterocycles. The van der Waals surface area contributed by atoms with Crippen LogP contribution >= 0.6 is 0 Å². The highest BCUT2D eigenvalue weighted by Crippen LogP contribution is 2.49. The minimum absolute atomic E-state index is 0. The second-order valence-electron chi connectivity index (χ2n) is 6.15. The zero-order chi connectivity index (χ0) is 13.9. The summed E-state index contributed by atoms with van der Waals surface area (Å²) in [6.07, 6.45) is 9.14. The van der Waals surface area contributed by atoms with E-state index in [1.807, 2.05) is 0 Å². The molecule has 0 aliphatic heterocycles. The van der Waals surface area contributed by atoms with Gasteiger partial charge in [-0.25, -0.2) is 0 Å². The lowest BCUT2D eigenvalue weighted by atomic mass is 9.58. The summed E-state index contributed by atoms with van der Waals surface area (Å²) >= 11 is 0. The lowest BCUT2D eigenvalue weighted by molar-refractivity contribution is -0.178. The molecule has 0 aromatic carbocycles. The maximum Gasteiger partial charge on any atom is 0.321 e. The van der Waals surface area contributed by atoms with E-state index in [0.717, 1.165) is 64.2 Å². The molecule has 0 saturated heterocycles. The van der Waals surface area contributed by atoms with Crippen LogP contribution in [0.1, 0.15) is 64.2 Å². The number of carboxylic acids is 2. The highest BCUT2D eigenvalue weighted by Gasteiger charge is 2.57. The van der Waals surface area contributed by atoms with E-state index in [2.05, 4.69) is 0 Å². The van der Waals surface area contributed by atoms with Crippen LogP contribution in [-0.2, 0) is 9.59 Å². The molecule has 2 N–H and O–H groups in total. The SMILES string of the molecule is O=C(O)C(C(=O)O)(C1CCCCC1)C1CCCCC1.[MgH2]. The second kappa shape index (κ2) is 7.64. The molecule has 20 heavy (non-hydrogen) atoms. The van der Waals surface area contributed by atoms with E-state index >= 15 is 0 Å². The molecule has 2 fully saturated rings. The molecule has 2 saturated carbocycles. The van der Waals surface area contributed by atoms with Crippen LogP contribution in [0, 0.1) is 17.3 Å². The molecule has 2 aliphatic carbocycles. The lowest BCUT2D eigenvalue weighted by Crippen LogP contribution is -2.52. The Morgan fingerprint density at radius 1 is 0.700 bits per heavy atom. The highest BCUT2D eigenvalue weighted by molar-refractivity contribution is 5.99. The van der Waals surface area contributed by atoms with Gasteiger partial charge in [0, 0.05) is 0 Å². The number of hydrogen-bond donors (Lipinski definition) is 2. The number of hydrogen-bond acceptors (Lipinski definition) is 2. The quantitative estimate of drug-likeness (QED) is 0.617. The van der Waals surface area contributed by atoms with Crippen molar-refractivity contribution in [2.45, 2.75) is 64.2 Å². The first-order valence-corrected chi connectivity index (χ1v) is 7.57. The van der Waals surface area contributed by atoms with Crippen molar-refractivity contribution in [2.75, 3.05) is 0 Å². The van der Waals surface area contributed by atoms with Crippen LogP contribution in [0.15, 0.2) is 0 Å². The topological polar surface area (TPSA) is 74.6 Å². The molecule has 0 spiro atoms. The summed E-state index contributed by atoms with van der Waals surface area (Å²) in [5.41, 5.74) is -1.53. The van der Waals surface area contributed by atoms with Gasteiger partial charge in [0.05, 0.1) is 0 Å². The van der Waals surface area contributed by atoms with Gasteiger partial charge in [-0.1, -0.05) is 38.5 Å². The maximum atomic E-state index is 11.9. The van der Waals surface area contributed by atoms with E-state index in [4.69, 9.17) is 0 Å². The third-order valence-electron chi connectivity index (χ3n) is 5.21. The average Bonchev–Trinajstić information content (AvgIpc) is 2.41. The van der Waals surface area contributed by atoms with Gasteiger partial charge in [-0.2, -0.15) is 0 Å². The van der Waals surface area contributed by atoms with Crippen molar-refractivity contribution < 1.29 is 19.8 Å². The van der Waals surface area contributed by atoms with Crippen LogP contribution in [0.3, 0.4) is 0 Å². The normalized spacial score (nSPS) is 22.0. The minimum atomic E-state index is -1.53. The highest BCUT2D eigenvalue weighted by atomic mass is 24.3. The number of carbonyl (C=O) groups is 2. The van der Waals surface area contributed by atoms with Crippen molar-refractivity contribution in [1.82, 2.24) is 0 Å². The van der Waals surface area contributed by atoms with E-state index in [9.17, 15) is 19.8 Å². The van der Waals surface area contributed by atoms with Crippen molar-refractivity contribution >= 4 is 35.0 Å². The molecule has 0 aromatic rings. The Kier molecular flexibility index (Phi) is 6.78. The number of rotatable bonds is 4. The Labute approximate surface area is 136 Å². The van der Waals surface area contributed by atoms with Gasteiger partial charge in [-0.15, -0.1) is 0 Å². The Morgan fingerprint density at radius 3 is 1.25 bits per heavy atom. The molecule has 2 aliphatic rings. The minimum Gasteiger partial charge on any atom is -0.480 e. The van der Waals surface area contributed by atoms with Gasteiger partial charge in [-0.3, -0.25) is 9.59 Å². The molecular formula is C15H26MgO4. The maximum absolute atomic E-state index is 11.9. The van der Waals surface area contributed by atoms with Crippen LogP contribution < -0.4 is 0 Å². The molecule has 2 rings (SSSR count). The number of carboxylic acid groups (broad SMARTS) is 2. The van der Waals surface area contributed by atoms with Crippen molar-refractivity contribution in [3.63, 3.8) is 0 Å². The molecular weight excluding hydrogens is 268 g/mol. The zero-order valence-electron chi connectivity index (χ0n) is 11.4. The predicted octanol–water partition coefficient (Wildman–Crippen LogP) is 2.39. The first kappa shape index (κ1) is 17.8. The molecule has 0 aromatic heterocycles.